The number of piperazine rings is 1. The molecule has 1 amide bonds. The number of amides is 1. The highest BCUT2D eigenvalue weighted by Gasteiger charge is 2.27. The Bertz CT molecular complexity index is 683. The Balaban J connectivity index is 1.57. The van der Waals surface area contributed by atoms with Crippen molar-refractivity contribution >= 4 is 23.2 Å². The molecule has 4 nitrogen and oxygen atoms in total. The molecule has 132 valence electrons. The average Bonchev–Trinajstić information content (AvgIpc) is 2.67. The first kappa shape index (κ1) is 17.6. The topological polar surface area (TPSA) is 32.8 Å². The zero-order valence-corrected chi connectivity index (χ0v) is 15.2. The van der Waals surface area contributed by atoms with Crippen molar-refractivity contribution in [3.05, 3.63) is 59.6 Å². The molecule has 2 aromatic carbocycles. The molecule has 0 spiro atoms. The van der Waals surface area contributed by atoms with Crippen molar-refractivity contribution in [3.8, 4) is 5.75 Å². The predicted molar refractivity (Wildman–Crippen MR) is 101 cm³/mol. The maximum Gasteiger partial charge on any atom is 0.263 e. The number of hydrogen-bond donors (Lipinski definition) is 0. The lowest BCUT2D eigenvalue weighted by atomic mass is 10.2. The molecule has 1 saturated heterocycles. The quantitative estimate of drug-likeness (QED) is 0.814. The Morgan fingerprint density at radius 2 is 1.68 bits per heavy atom. The number of nitrogens with zero attached hydrogens (tertiary/aromatic N) is 2. The predicted octanol–water partition coefficient (Wildman–Crippen LogP) is 3.85. The number of hydrogen-bond acceptors (Lipinski definition) is 3. The second-order valence-electron chi connectivity index (χ2n) is 6.12. The fourth-order valence-electron chi connectivity index (χ4n) is 3.01. The average molecular weight is 359 g/mol. The second-order valence-corrected chi connectivity index (χ2v) is 6.55. The summed E-state index contributed by atoms with van der Waals surface area (Å²) in [6.07, 6.45) is 0.231. The van der Waals surface area contributed by atoms with E-state index in [1.165, 1.54) is 0 Å². The lowest BCUT2D eigenvalue weighted by molar-refractivity contribution is -0.139. The van der Waals surface area contributed by atoms with E-state index < -0.39 is 6.10 Å². The molecule has 1 unspecified atom stereocenters. The van der Waals surface area contributed by atoms with Crippen LogP contribution in [0.3, 0.4) is 0 Å². The maximum atomic E-state index is 12.8. The number of rotatable bonds is 5. The highest BCUT2D eigenvalue weighted by atomic mass is 35.5. The van der Waals surface area contributed by atoms with Crippen LogP contribution in [0.4, 0.5) is 5.69 Å². The number of carbonyl (C=O) groups is 1. The van der Waals surface area contributed by atoms with E-state index in [0.29, 0.717) is 19.5 Å². The van der Waals surface area contributed by atoms with E-state index in [-0.39, 0.29) is 5.91 Å². The van der Waals surface area contributed by atoms with Gasteiger partial charge in [-0.3, -0.25) is 4.79 Å². The smallest absolute Gasteiger partial charge is 0.263 e. The van der Waals surface area contributed by atoms with E-state index in [1.807, 2.05) is 66.4 Å². The Hall–Kier alpha value is -2.20. The lowest BCUT2D eigenvalue weighted by Crippen LogP contribution is -2.52. The molecule has 3 rings (SSSR count). The summed E-state index contributed by atoms with van der Waals surface area (Å²) in [5.41, 5.74) is 1.14. The Morgan fingerprint density at radius 1 is 1.04 bits per heavy atom. The van der Waals surface area contributed by atoms with E-state index in [9.17, 15) is 4.79 Å². The van der Waals surface area contributed by atoms with Gasteiger partial charge < -0.3 is 14.5 Å². The first-order valence-electron chi connectivity index (χ1n) is 8.68. The fraction of sp³-hybridized carbons (Fsp3) is 0.350. The van der Waals surface area contributed by atoms with Gasteiger partial charge in [-0.1, -0.05) is 36.7 Å². The molecule has 0 aliphatic carbocycles. The van der Waals surface area contributed by atoms with Crippen LogP contribution >= 0.6 is 11.6 Å². The third kappa shape index (κ3) is 4.45. The molecule has 0 bridgehead atoms. The van der Waals surface area contributed by atoms with Crippen LogP contribution in [-0.4, -0.2) is 43.1 Å². The molecular weight excluding hydrogens is 336 g/mol. The van der Waals surface area contributed by atoms with Gasteiger partial charge in [0.15, 0.2) is 6.10 Å². The molecule has 0 saturated carbocycles. The minimum Gasteiger partial charge on any atom is -0.481 e. The summed E-state index contributed by atoms with van der Waals surface area (Å²) in [6, 6.07) is 17.4. The van der Waals surface area contributed by atoms with Crippen LogP contribution < -0.4 is 9.64 Å². The van der Waals surface area contributed by atoms with E-state index in [4.69, 9.17) is 16.3 Å². The van der Waals surface area contributed by atoms with Crippen LogP contribution in [0.25, 0.3) is 0 Å². The normalized spacial score (nSPS) is 15.8. The third-order valence-electron chi connectivity index (χ3n) is 4.45. The van der Waals surface area contributed by atoms with Gasteiger partial charge in [0.1, 0.15) is 5.75 Å². The largest absolute Gasteiger partial charge is 0.481 e. The lowest BCUT2D eigenvalue weighted by Gasteiger charge is -2.37. The number of anilines is 1. The monoisotopic (exact) mass is 358 g/mol. The molecule has 1 atom stereocenters. The molecule has 1 aliphatic rings. The van der Waals surface area contributed by atoms with Gasteiger partial charge in [0.2, 0.25) is 0 Å². The summed E-state index contributed by atoms with van der Waals surface area (Å²) in [5.74, 6) is 0.810. The van der Waals surface area contributed by atoms with Crippen LogP contribution in [0.5, 0.6) is 5.75 Å². The molecule has 1 heterocycles. The number of para-hydroxylation sites is 1. The number of ether oxygens (including phenoxy) is 1. The van der Waals surface area contributed by atoms with Crippen LogP contribution in [0.15, 0.2) is 54.6 Å². The molecule has 1 fully saturated rings. The Morgan fingerprint density at radius 3 is 2.28 bits per heavy atom. The summed E-state index contributed by atoms with van der Waals surface area (Å²) in [6.45, 7) is 5.02. The summed E-state index contributed by atoms with van der Waals surface area (Å²) in [7, 11) is 0. The SMILES string of the molecule is CCC(Oc1ccccc1)C(=O)N1CCN(c2ccc(Cl)cc2)CC1. The van der Waals surface area contributed by atoms with Gasteiger partial charge in [0.25, 0.3) is 5.91 Å². The zero-order valence-electron chi connectivity index (χ0n) is 14.4. The van der Waals surface area contributed by atoms with Gasteiger partial charge >= 0.3 is 0 Å². The van der Waals surface area contributed by atoms with Crippen LogP contribution in [0, 0.1) is 0 Å². The first-order valence-corrected chi connectivity index (χ1v) is 9.06. The van der Waals surface area contributed by atoms with Gasteiger partial charge in [-0.2, -0.15) is 0 Å². The minimum absolute atomic E-state index is 0.0714. The first-order chi connectivity index (χ1) is 12.2. The van der Waals surface area contributed by atoms with E-state index in [2.05, 4.69) is 4.90 Å². The molecule has 25 heavy (non-hydrogen) atoms. The number of halogens is 1. The minimum atomic E-state index is -0.426. The number of benzene rings is 2. The van der Waals surface area contributed by atoms with E-state index in [0.717, 1.165) is 29.5 Å². The summed E-state index contributed by atoms with van der Waals surface area (Å²) in [5, 5.41) is 0.737. The standard InChI is InChI=1S/C20H23ClN2O2/c1-2-19(25-18-6-4-3-5-7-18)20(24)23-14-12-22(13-15-23)17-10-8-16(21)9-11-17/h3-11,19H,2,12-15H2,1H3. The van der Waals surface area contributed by atoms with Gasteiger partial charge in [-0.25, -0.2) is 0 Å². The van der Waals surface area contributed by atoms with Crippen LogP contribution in [0.1, 0.15) is 13.3 Å². The van der Waals surface area contributed by atoms with Crippen molar-refractivity contribution in [2.24, 2.45) is 0 Å². The van der Waals surface area contributed by atoms with Crippen LogP contribution in [-0.2, 0) is 4.79 Å². The summed E-state index contributed by atoms with van der Waals surface area (Å²) < 4.78 is 5.88. The molecular formula is C20H23ClN2O2. The van der Waals surface area contributed by atoms with Crippen molar-refractivity contribution in [1.29, 1.82) is 0 Å². The van der Waals surface area contributed by atoms with Gasteiger partial charge in [0, 0.05) is 36.9 Å². The molecule has 0 N–H and O–H groups in total. The third-order valence-corrected chi connectivity index (χ3v) is 4.70. The van der Waals surface area contributed by atoms with Gasteiger partial charge in [-0.05, 0) is 42.8 Å². The molecule has 0 aromatic heterocycles. The van der Waals surface area contributed by atoms with Gasteiger partial charge in [-0.15, -0.1) is 0 Å². The molecule has 5 heteroatoms. The highest BCUT2D eigenvalue weighted by molar-refractivity contribution is 6.30. The van der Waals surface area contributed by atoms with Crippen molar-refractivity contribution in [2.45, 2.75) is 19.4 Å². The second kappa shape index (κ2) is 8.26. The molecule has 1 aliphatic heterocycles. The summed E-state index contributed by atoms with van der Waals surface area (Å²) >= 11 is 5.95. The van der Waals surface area contributed by atoms with E-state index >= 15 is 0 Å². The highest BCUT2D eigenvalue weighted by Crippen LogP contribution is 2.20. The Labute approximate surface area is 154 Å². The molecule has 0 radical (unpaired) electrons. The van der Waals surface area contributed by atoms with Gasteiger partial charge in [0.05, 0.1) is 0 Å². The fourth-order valence-corrected chi connectivity index (χ4v) is 3.14. The van der Waals surface area contributed by atoms with Crippen molar-refractivity contribution < 1.29 is 9.53 Å². The summed E-state index contributed by atoms with van der Waals surface area (Å²) in [4.78, 5) is 17.0. The maximum absolute atomic E-state index is 12.8. The Kier molecular flexibility index (Phi) is 5.82. The zero-order chi connectivity index (χ0) is 17.6. The van der Waals surface area contributed by atoms with Crippen molar-refractivity contribution in [2.75, 3.05) is 31.1 Å². The molecule has 2 aromatic rings. The van der Waals surface area contributed by atoms with Crippen LogP contribution in [0.2, 0.25) is 5.02 Å². The van der Waals surface area contributed by atoms with E-state index in [1.54, 1.807) is 0 Å². The van der Waals surface area contributed by atoms with Crippen molar-refractivity contribution in [1.82, 2.24) is 4.90 Å². The van der Waals surface area contributed by atoms with Crippen molar-refractivity contribution in [3.63, 3.8) is 0 Å². The number of carbonyl (C=O) groups excluding carboxylic acids is 1.